The second-order valence-electron chi connectivity index (χ2n) is 6.80. The van der Waals surface area contributed by atoms with Gasteiger partial charge in [-0.3, -0.25) is 4.90 Å². The molecule has 0 atom stereocenters. The van der Waals surface area contributed by atoms with Gasteiger partial charge in [-0.1, -0.05) is 18.2 Å². The molecule has 0 amide bonds. The average molecular weight is 271 g/mol. The van der Waals surface area contributed by atoms with Crippen LogP contribution in [-0.2, 0) is 0 Å². The van der Waals surface area contributed by atoms with Crippen LogP contribution in [-0.4, -0.2) is 49.2 Å². The van der Waals surface area contributed by atoms with Crippen LogP contribution in [0.1, 0.15) is 25.7 Å². The Morgan fingerprint density at radius 3 is 2.30 bits per heavy atom. The number of hydrogen-bond acceptors (Lipinski definition) is 3. The van der Waals surface area contributed by atoms with Crippen LogP contribution >= 0.6 is 0 Å². The molecule has 3 aliphatic rings. The van der Waals surface area contributed by atoms with Gasteiger partial charge in [0.2, 0.25) is 0 Å². The third kappa shape index (κ3) is 2.33. The molecule has 2 bridgehead atoms. The van der Waals surface area contributed by atoms with E-state index in [0.717, 1.165) is 6.04 Å². The first-order chi connectivity index (χ1) is 9.83. The summed E-state index contributed by atoms with van der Waals surface area (Å²) < 4.78 is 0. The fourth-order valence-corrected chi connectivity index (χ4v) is 4.33. The van der Waals surface area contributed by atoms with Crippen molar-refractivity contribution in [2.75, 3.05) is 37.6 Å². The van der Waals surface area contributed by atoms with Crippen molar-refractivity contribution < 1.29 is 0 Å². The van der Waals surface area contributed by atoms with Crippen LogP contribution in [0.2, 0.25) is 0 Å². The summed E-state index contributed by atoms with van der Waals surface area (Å²) in [4.78, 5) is 5.20. The van der Waals surface area contributed by atoms with Crippen molar-refractivity contribution in [1.29, 1.82) is 0 Å². The highest BCUT2D eigenvalue weighted by Gasteiger charge is 2.45. The van der Waals surface area contributed by atoms with Gasteiger partial charge in [-0.2, -0.15) is 0 Å². The monoisotopic (exact) mass is 271 g/mol. The molecule has 1 aromatic rings. The van der Waals surface area contributed by atoms with Gasteiger partial charge in [0.15, 0.2) is 0 Å². The number of para-hydroxylation sites is 1. The number of fused-ring (bicyclic) bond motifs is 2. The Balaban J connectivity index is 1.34. The molecule has 3 heterocycles. The van der Waals surface area contributed by atoms with Crippen LogP contribution in [0.3, 0.4) is 0 Å². The molecule has 20 heavy (non-hydrogen) atoms. The summed E-state index contributed by atoms with van der Waals surface area (Å²) in [6.07, 6.45) is 5.61. The lowest BCUT2D eigenvalue weighted by molar-refractivity contribution is 0.186. The molecule has 0 aliphatic carbocycles. The zero-order chi connectivity index (χ0) is 13.4. The van der Waals surface area contributed by atoms with Crippen LogP contribution < -0.4 is 10.2 Å². The van der Waals surface area contributed by atoms with Gasteiger partial charge in [0.1, 0.15) is 0 Å². The first-order valence-electron chi connectivity index (χ1n) is 8.13. The lowest BCUT2D eigenvalue weighted by atomic mass is 9.87. The molecule has 3 aliphatic heterocycles. The van der Waals surface area contributed by atoms with E-state index in [9.17, 15) is 0 Å². The number of nitrogens with zero attached hydrogens (tertiary/aromatic N) is 2. The summed E-state index contributed by atoms with van der Waals surface area (Å²) in [5.41, 5.74) is 1.85. The van der Waals surface area contributed by atoms with Gasteiger partial charge in [0, 0.05) is 50.0 Å². The first kappa shape index (κ1) is 12.7. The van der Waals surface area contributed by atoms with Crippen LogP contribution in [0, 0.1) is 0 Å². The van der Waals surface area contributed by atoms with Crippen LogP contribution in [0.4, 0.5) is 5.69 Å². The minimum absolute atomic E-state index is 0.472. The number of hydrogen-bond donors (Lipinski definition) is 1. The fourth-order valence-electron chi connectivity index (χ4n) is 4.33. The summed E-state index contributed by atoms with van der Waals surface area (Å²) in [7, 11) is 0. The minimum Gasteiger partial charge on any atom is -0.369 e. The van der Waals surface area contributed by atoms with Crippen LogP contribution in [0.15, 0.2) is 30.3 Å². The minimum atomic E-state index is 0.472. The molecule has 0 unspecified atom stereocenters. The molecular formula is C17H25N3. The smallest absolute Gasteiger partial charge is 0.0367 e. The van der Waals surface area contributed by atoms with E-state index in [2.05, 4.69) is 45.4 Å². The maximum atomic E-state index is 3.88. The average Bonchev–Trinajstić information content (AvgIpc) is 3.09. The fraction of sp³-hybridized carbons (Fsp3) is 0.647. The predicted octanol–water partition coefficient (Wildman–Crippen LogP) is 2.09. The molecule has 3 fully saturated rings. The predicted molar refractivity (Wildman–Crippen MR) is 83.2 cm³/mol. The Bertz CT molecular complexity index is 443. The number of anilines is 1. The van der Waals surface area contributed by atoms with Crippen LogP contribution in [0.5, 0.6) is 0 Å². The third-order valence-corrected chi connectivity index (χ3v) is 5.47. The molecule has 1 aromatic carbocycles. The molecule has 3 saturated heterocycles. The number of rotatable bonds is 3. The maximum absolute atomic E-state index is 3.88. The highest BCUT2D eigenvalue weighted by atomic mass is 15.3. The van der Waals surface area contributed by atoms with Gasteiger partial charge in [-0.15, -0.1) is 0 Å². The molecule has 0 saturated carbocycles. The van der Waals surface area contributed by atoms with E-state index in [-0.39, 0.29) is 0 Å². The van der Waals surface area contributed by atoms with Crippen molar-refractivity contribution >= 4 is 5.69 Å². The van der Waals surface area contributed by atoms with Crippen LogP contribution in [0.25, 0.3) is 0 Å². The third-order valence-electron chi connectivity index (χ3n) is 5.47. The van der Waals surface area contributed by atoms with E-state index in [1.54, 1.807) is 0 Å². The van der Waals surface area contributed by atoms with Gasteiger partial charge < -0.3 is 10.2 Å². The Morgan fingerprint density at radius 1 is 1.00 bits per heavy atom. The van der Waals surface area contributed by atoms with Crippen molar-refractivity contribution in [2.45, 2.75) is 37.3 Å². The maximum Gasteiger partial charge on any atom is 0.0367 e. The number of piperazine rings is 1. The highest BCUT2D eigenvalue weighted by Crippen LogP contribution is 2.38. The van der Waals surface area contributed by atoms with Crippen molar-refractivity contribution in [1.82, 2.24) is 10.2 Å². The second-order valence-corrected chi connectivity index (χ2v) is 6.80. The summed E-state index contributed by atoms with van der Waals surface area (Å²) in [6, 6.07) is 11.7. The Labute approximate surface area is 121 Å². The van der Waals surface area contributed by atoms with Crippen molar-refractivity contribution in [3.05, 3.63) is 30.3 Å². The van der Waals surface area contributed by atoms with E-state index < -0.39 is 0 Å². The van der Waals surface area contributed by atoms with Gasteiger partial charge in [-0.25, -0.2) is 0 Å². The highest BCUT2D eigenvalue weighted by molar-refractivity contribution is 5.46. The topological polar surface area (TPSA) is 18.5 Å². The molecule has 0 spiro atoms. The van der Waals surface area contributed by atoms with E-state index in [1.807, 2.05) is 0 Å². The van der Waals surface area contributed by atoms with E-state index >= 15 is 0 Å². The number of benzene rings is 1. The molecule has 4 rings (SSSR count). The van der Waals surface area contributed by atoms with E-state index in [4.69, 9.17) is 0 Å². The molecule has 0 aromatic heterocycles. The summed E-state index contributed by atoms with van der Waals surface area (Å²) in [5.74, 6) is 0. The first-order valence-corrected chi connectivity index (χ1v) is 8.13. The zero-order valence-corrected chi connectivity index (χ0v) is 12.2. The van der Waals surface area contributed by atoms with Gasteiger partial charge in [0.25, 0.3) is 0 Å². The normalized spacial score (nSPS) is 33.8. The van der Waals surface area contributed by atoms with Crippen molar-refractivity contribution in [3.8, 4) is 0 Å². The lowest BCUT2D eigenvalue weighted by Crippen LogP contribution is -2.54. The molecule has 0 radical (unpaired) electrons. The van der Waals surface area contributed by atoms with Gasteiger partial charge in [0.05, 0.1) is 0 Å². The zero-order valence-electron chi connectivity index (χ0n) is 12.2. The lowest BCUT2D eigenvalue weighted by Gasteiger charge is -2.40. The second kappa shape index (κ2) is 5.05. The molecule has 3 heteroatoms. The molecule has 108 valence electrons. The Morgan fingerprint density at radius 2 is 1.70 bits per heavy atom. The molecule has 1 N–H and O–H groups in total. The summed E-state index contributed by atoms with van der Waals surface area (Å²) >= 11 is 0. The Hall–Kier alpha value is -1.06. The van der Waals surface area contributed by atoms with Crippen molar-refractivity contribution in [2.24, 2.45) is 0 Å². The largest absolute Gasteiger partial charge is 0.369 e. The van der Waals surface area contributed by atoms with E-state index in [1.165, 1.54) is 64.1 Å². The van der Waals surface area contributed by atoms with Gasteiger partial charge in [-0.05, 0) is 37.8 Å². The van der Waals surface area contributed by atoms with Gasteiger partial charge >= 0.3 is 0 Å². The SMILES string of the molecule is c1ccc(N2CCN(CC34CCC(CC3)N4)CC2)cc1. The van der Waals surface area contributed by atoms with E-state index in [0.29, 0.717) is 5.54 Å². The standard InChI is InChI=1S/C17H25N3/c1-2-4-16(5-3-1)20-12-10-19(11-13-20)14-17-8-6-15(18-17)7-9-17/h1-5,15,18H,6-14H2. The Kier molecular flexibility index (Phi) is 3.20. The summed E-state index contributed by atoms with van der Waals surface area (Å²) in [5, 5.41) is 3.88. The van der Waals surface area contributed by atoms with Crippen molar-refractivity contribution in [3.63, 3.8) is 0 Å². The summed E-state index contributed by atoms with van der Waals surface area (Å²) in [6.45, 7) is 6.03. The quantitative estimate of drug-likeness (QED) is 0.908. The molecule has 3 nitrogen and oxygen atoms in total. The number of nitrogens with one attached hydrogen (secondary N) is 1. The molecular weight excluding hydrogens is 246 g/mol.